The van der Waals surface area contributed by atoms with Crippen molar-refractivity contribution in [2.75, 3.05) is 13.2 Å². The highest BCUT2D eigenvalue weighted by Crippen LogP contribution is 2.16. The van der Waals surface area contributed by atoms with Crippen LogP contribution in [0.1, 0.15) is 258 Å². The summed E-state index contributed by atoms with van der Waals surface area (Å²) in [7, 11) is 0. The summed E-state index contributed by atoms with van der Waals surface area (Å²) in [6.45, 7) is 6.47. The van der Waals surface area contributed by atoms with Crippen LogP contribution in [0.25, 0.3) is 0 Å². The summed E-state index contributed by atoms with van der Waals surface area (Å²) in [5.41, 5.74) is 0. The van der Waals surface area contributed by atoms with Crippen LogP contribution in [0.15, 0.2) is 60.8 Å². The maximum atomic E-state index is 12.8. The van der Waals surface area contributed by atoms with E-state index in [2.05, 4.69) is 81.5 Å². The van der Waals surface area contributed by atoms with Crippen LogP contribution in [-0.2, 0) is 28.6 Å². The lowest BCUT2D eigenvalue weighted by Crippen LogP contribution is -2.30. The molecule has 0 heterocycles. The fourth-order valence-electron chi connectivity index (χ4n) is 7.36. The summed E-state index contributed by atoms with van der Waals surface area (Å²) in [5, 5.41) is 0. The molecule has 358 valence electrons. The minimum Gasteiger partial charge on any atom is -0.462 e. The molecule has 1 atom stereocenters. The van der Waals surface area contributed by atoms with Crippen molar-refractivity contribution in [2.24, 2.45) is 0 Å². The van der Waals surface area contributed by atoms with Crippen molar-refractivity contribution in [1.82, 2.24) is 0 Å². The molecule has 0 saturated carbocycles. The lowest BCUT2D eigenvalue weighted by molar-refractivity contribution is -0.167. The normalized spacial score (nSPS) is 12.5. The fraction of sp³-hybridized carbons (Fsp3) is 0.768. The largest absolute Gasteiger partial charge is 0.462 e. The Hall–Kier alpha value is -2.89. The van der Waals surface area contributed by atoms with Crippen molar-refractivity contribution in [2.45, 2.75) is 264 Å². The molecule has 0 radical (unpaired) electrons. The highest BCUT2D eigenvalue weighted by Gasteiger charge is 2.19. The van der Waals surface area contributed by atoms with Gasteiger partial charge in [-0.2, -0.15) is 0 Å². The Bertz CT molecular complexity index is 1130. The van der Waals surface area contributed by atoms with Crippen LogP contribution in [-0.4, -0.2) is 37.2 Å². The molecule has 0 aromatic carbocycles. The SMILES string of the molecule is CC/C=C\C/C=C\CCCCC(=O)OCC(COC(=O)CCCCCCC\C=C/C=C\C=C/CCCCCCC)OC(=O)CCCCCCCCCCCCCCCCCCC. The van der Waals surface area contributed by atoms with Gasteiger partial charge in [0.15, 0.2) is 6.10 Å². The summed E-state index contributed by atoms with van der Waals surface area (Å²) in [4.78, 5) is 37.9. The van der Waals surface area contributed by atoms with E-state index >= 15 is 0 Å². The molecule has 0 aliphatic carbocycles. The van der Waals surface area contributed by atoms with Gasteiger partial charge in [0, 0.05) is 19.3 Å². The smallest absolute Gasteiger partial charge is 0.306 e. The first-order chi connectivity index (χ1) is 30.5. The average Bonchev–Trinajstić information content (AvgIpc) is 3.27. The molecule has 62 heavy (non-hydrogen) atoms. The van der Waals surface area contributed by atoms with Gasteiger partial charge in [-0.15, -0.1) is 0 Å². The summed E-state index contributed by atoms with van der Waals surface area (Å²) in [5.74, 6) is -0.942. The zero-order valence-electron chi connectivity index (χ0n) is 40.9. The molecule has 0 saturated heterocycles. The second-order valence-corrected chi connectivity index (χ2v) is 17.5. The number of unbranched alkanes of at least 4 members (excludes halogenated alkanes) is 28. The van der Waals surface area contributed by atoms with Crippen LogP contribution in [0.3, 0.4) is 0 Å². The van der Waals surface area contributed by atoms with E-state index in [0.29, 0.717) is 19.3 Å². The molecule has 0 aromatic rings. The number of hydrogen-bond acceptors (Lipinski definition) is 6. The van der Waals surface area contributed by atoms with Crippen molar-refractivity contribution in [3.05, 3.63) is 60.8 Å². The predicted octanol–water partition coefficient (Wildman–Crippen LogP) is 17.3. The minimum atomic E-state index is -0.792. The van der Waals surface area contributed by atoms with E-state index in [-0.39, 0.29) is 31.1 Å². The molecule has 0 amide bonds. The summed E-state index contributed by atoms with van der Waals surface area (Å²) >= 11 is 0. The van der Waals surface area contributed by atoms with Gasteiger partial charge < -0.3 is 14.2 Å². The van der Waals surface area contributed by atoms with Crippen LogP contribution in [0.2, 0.25) is 0 Å². The molecule has 6 heteroatoms. The van der Waals surface area contributed by atoms with E-state index in [0.717, 1.165) is 89.9 Å². The monoisotopic (exact) mass is 867 g/mol. The molecule has 0 aliphatic heterocycles. The lowest BCUT2D eigenvalue weighted by atomic mass is 10.0. The summed E-state index contributed by atoms with van der Waals surface area (Å²) < 4.78 is 16.7. The van der Waals surface area contributed by atoms with Crippen molar-refractivity contribution in [3.8, 4) is 0 Å². The standard InChI is InChI=1S/C56H98O6/c1-4-7-10-13-16-19-21-23-25-27-29-30-32-34-37-40-43-46-49-55(58)61-52-53(51-60-54(57)48-45-42-39-36-18-15-12-9-6-3)62-56(59)50-47-44-41-38-35-33-31-28-26-24-22-20-17-14-11-8-5-2/h9,12,18,21,23,25,27,29-30,36,53H,4-8,10-11,13-17,19-20,22,24,26,28,31-35,37-52H2,1-3H3/b12-9-,23-21-,27-25-,30-29-,36-18-. The third kappa shape index (κ3) is 48.1. The van der Waals surface area contributed by atoms with E-state index < -0.39 is 6.10 Å². The molecular weight excluding hydrogens is 769 g/mol. The first kappa shape index (κ1) is 59.1. The number of esters is 3. The Morgan fingerprint density at radius 2 is 0.694 bits per heavy atom. The van der Waals surface area contributed by atoms with Gasteiger partial charge in [0.25, 0.3) is 0 Å². The van der Waals surface area contributed by atoms with E-state index in [1.54, 1.807) is 0 Å². The van der Waals surface area contributed by atoms with Crippen LogP contribution in [0.5, 0.6) is 0 Å². The second-order valence-electron chi connectivity index (χ2n) is 17.5. The number of ether oxygens (including phenoxy) is 3. The predicted molar refractivity (Wildman–Crippen MR) is 265 cm³/mol. The maximum Gasteiger partial charge on any atom is 0.306 e. The molecule has 0 bridgehead atoms. The summed E-state index contributed by atoms with van der Waals surface area (Å²) in [6.07, 6.45) is 62.2. The lowest BCUT2D eigenvalue weighted by Gasteiger charge is -2.18. The molecule has 0 fully saturated rings. The molecule has 0 aliphatic rings. The maximum absolute atomic E-state index is 12.8. The van der Waals surface area contributed by atoms with Crippen molar-refractivity contribution in [1.29, 1.82) is 0 Å². The van der Waals surface area contributed by atoms with E-state index in [1.807, 2.05) is 0 Å². The molecule has 1 unspecified atom stereocenters. The Morgan fingerprint density at radius 1 is 0.355 bits per heavy atom. The third-order valence-corrected chi connectivity index (χ3v) is 11.3. The van der Waals surface area contributed by atoms with Gasteiger partial charge in [-0.25, -0.2) is 0 Å². The van der Waals surface area contributed by atoms with Gasteiger partial charge in [0.2, 0.25) is 0 Å². The van der Waals surface area contributed by atoms with E-state index in [1.165, 1.54) is 128 Å². The highest BCUT2D eigenvalue weighted by atomic mass is 16.6. The summed E-state index contributed by atoms with van der Waals surface area (Å²) in [6, 6.07) is 0. The Labute approximate surface area is 383 Å². The van der Waals surface area contributed by atoms with Crippen molar-refractivity contribution < 1.29 is 28.6 Å². The zero-order valence-corrected chi connectivity index (χ0v) is 40.9. The third-order valence-electron chi connectivity index (χ3n) is 11.3. The Balaban J connectivity index is 4.35. The van der Waals surface area contributed by atoms with Gasteiger partial charge in [-0.3, -0.25) is 14.4 Å². The van der Waals surface area contributed by atoms with Crippen LogP contribution in [0.4, 0.5) is 0 Å². The average molecular weight is 867 g/mol. The topological polar surface area (TPSA) is 78.9 Å². The fourth-order valence-corrected chi connectivity index (χ4v) is 7.36. The molecular formula is C56H98O6. The van der Waals surface area contributed by atoms with Crippen molar-refractivity contribution in [3.63, 3.8) is 0 Å². The number of carbonyl (C=O) groups excluding carboxylic acids is 3. The highest BCUT2D eigenvalue weighted by molar-refractivity contribution is 5.71. The number of allylic oxidation sites excluding steroid dienone is 10. The van der Waals surface area contributed by atoms with Crippen LogP contribution >= 0.6 is 0 Å². The van der Waals surface area contributed by atoms with Crippen molar-refractivity contribution >= 4 is 17.9 Å². The van der Waals surface area contributed by atoms with Gasteiger partial charge in [0.05, 0.1) is 0 Å². The zero-order chi connectivity index (χ0) is 45.1. The Morgan fingerprint density at radius 3 is 1.13 bits per heavy atom. The number of rotatable bonds is 47. The van der Waals surface area contributed by atoms with Gasteiger partial charge in [0.1, 0.15) is 13.2 Å². The quantitative estimate of drug-likeness (QED) is 0.0199. The van der Waals surface area contributed by atoms with E-state index in [9.17, 15) is 14.4 Å². The Kier molecular flexibility index (Phi) is 48.4. The van der Waals surface area contributed by atoms with Crippen LogP contribution in [0, 0.1) is 0 Å². The first-order valence-electron chi connectivity index (χ1n) is 26.3. The molecule has 0 rings (SSSR count). The first-order valence-corrected chi connectivity index (χ1v) is 26.3. The molecule has 0 aromatic heterocycles. The number of hydrogen-bond donors (Lipinski definition) is 0. The van der Waals surface area contributed by atoms with Gasteiger partial charge in [-0.1, -0.05) is 229 Å². The van der Waals surface area contributed by atoms with Gasteiger partial charge in [-0.05, 0) is 70.6 Å². The van der Waals surface area contributed by atoms with E-state index in [4.69, 9.17) is 14.2 Å². The second kappa shape index (κ2) is 50.8. The number of carbonyl (C=O) groups is 3. The van der Waals surface area contributed by atoms with Crippen LogP contribution < -0.4 is 0 Å². The minimum absolute atomic E-state index is 0.0935. The molecule has 0 N–H and O–H groups in total. The molecule has 0 spiro atoms. The van der Waals surface area contributed by atoms with Gasteiger partial charge >= 0.3 is 17.9 Å². The molecule has 6 nitrogen and oxygen atoms in total.